The van der Waals surface area contributed by atoms with Crippen molar-refractivity contribution >= 4 is 5.91 Å². The maximum atomic E-state index is 13.9. The molecule has 1 aliphatic heterocycles. The summed E-state index contributed by atoms with van der Waals surface area (Å²) in [6.07, 6.45) is -0.500. The Labute approximate surface area is 169 Å². The number of hydrogen-bond donors (Lipinski definition) is 1. The van der Waals surface area contributed by atoms with E-state index in [9.17, 15) is 14.3 Å². The fourth-order valence-electron chi connectivity index (χ4n) is 3.62. The summed E-state index contributed by atoms with van der Waals surface area (Å²) in [4.78, 5) is 14.8. The molecule has 29 heavy (non-hydrogen) atoms. The van der Waals surface area contributed by atoms with Crippen molar-refractivity contribution < 1.29 is 28.5 Å². The van der Waals surface area contributed by atoms with Gasteiger partial charge in [-0.1, -0.05) is 18.2 Å². The fraction of sp³-hybridized carbons (Fsp3) is 0.409. The molecule has 0 saturated carbocycles. The van der Waals surface area contributed by atoms with Gasteiger partial charge in [0.25, 0.3) is 0 Å². The second-order valence-electron chi connectivity index (χ2n) is 7.00. The lowest BCUT2D eigenvalue weighted by atomic mass is 9.96. The van der Waals surface area contributed by atoms with Gasteiger partial charge in [0.2, 0.25) is 5.91 Å². The molecule has 0 spiro atoms. The van der Waals surface area contributed by atoms with E-state index in [0.29, 0.717) is 35.8 Å². The number of methoxy groups -OCH3 is 2. The van der Waals surface area contributed by atoms with E-state index in [4.69, 9.17) is 14.2 Å². The number of amides is 1. The SMILES string of the molecule is COc1ccc(C2C(CO)OCCN2C(=O)Cc2ccc(C)c(F)c2)cc1OC. The molecule has 0 aliphatic carbocycles. The molecule has 1 N–H and O–H groups in total. The van der Waals surface area contributed by atoms with Crippen molar-refractivity contribution in [3.05, 3.63) is 58.9 Å². The van der Waals surface area contributed by atoms with Crippen molar-refractivity contribution in [1.82, 2.24) is 4.90 Å². The summed E-state index contributed by atoms with van der Waals surface area (Å²) >= 11 is 0. The van der Waals surface area contributed by atoms with Gasteiger partial charge in [-0.25, -0.2) is 4.39 Å². The van der Waals surface area contributed by atoms with E-state index in [1.54, 1.807) is 43.2 Å². The molecular formula is C22H26FNO5. The van der Waals surface area contributed by atoms with Gasteiger partial charge in [-0.2, -0.15) is 0 Å². The van der Waals surface area contributed by atoms with Crippen LogP contribution in [0.2, 0.25) is 0 Å². The molecule has 2 aromatic rings. The first-order chi connectivity index (χ1) is 14.0. The topological polar surface area (TPSA) is 68.2 Å². The van der Waals surface area contributed by atoms with E-state index in [1.165, 1.54) is 13.2 Å². The van der Waals surface area contributed by atoms with Crippen LogP contribution in [0.4, 0.5) is 4.39 Å². The Kier molecular flexibility index (Phi) is 6.71. The Balaban J connectivity index is 1.90. The number of carbonyl (C=O) groups is 1. The molecule has 2 atom stereocenters. The maximum Gasteiger partial charge on any atom is 0.227 e. The molecule has 1 heterocycles. The Bertz CT molecular complexity index is 872. The standard InChI is InChI=1S/C22H26FNO5/c1-14-4-5-15(10-17(14)23)11-21(26)24-8-9-29-20(13-25)22(24)16-6-7-18(27-2)19(12-16)28-3/h4-7,10,12,20,22,25H,8-9,11,13H2,1-3H3. The van der Waals surface area contributed by atoms with E-state index in [0.717, 1.165) is 5.56 Å². The van der Waals surface area contributed by atoms with Crippen LogP contribution >= 0.6 is 0 Å². The molecule has 1 fully saturated rings. The van der Waals surface area contributed by atoms with Crippen LogP contribution in [0, 0.1) is 12.7 Å². The highest BCUT2D eigenvalue weighted by Gasteiger charge is 2.36. The van der Waals surface area contributed by atoms with Gasteiger partial charge >= 0.3 is 0 Å². The van der Waals surface area contributed by atoms with Crippen molar-refractivity contribution in [1.29, 1.82) is 0 Å². The molecule has 156 valence electrons. The number of aryl methyl sites for hydroxylation is 1. The molecule has 0 radical (unpaired) electrons. The number of benzene rings is 2. The summed E-state index contributed by atoms with van der Waals surface area (Å²) in [6.45, 7) is 2.15. The van der Waals surface area contributed by atoms with E-state index < -0.39 is 12.1 Å². The third-order valence-electron chi connectivity index (χ3n) is 5.19. The fourth-order valence-corrected chi connectivity index (χ4v) is 3.62. The molecule has 7 heteroatoms. The monoisotopic (exact) mass is 403 g/mol. The summed E-state index contributed by atoms with van der Waals surface area (Å²) in [6, 6.07) is 9.70. The molecule has 0 aromatic heterocycles. The molecule has 0 bridgehead atoms. The number of carbonyl (C=O) groups excluding carboxylic acids is 1. The van der Waals surface area contributed by atoms with Crippen LogP contribution in [-0.4, -0.2) is 56.0 Å². The lowest BCUT2D eigenvalue weighted by Crippen LogP contribution is -2.50. The van der Waals surface area contributed by atoms with E-state index in [-0.39, 0.29) is 24.8 Å². The normalized spacial score (nSPS) is 19.1. The molecular weight excluding hydrogens is 377 g/mol. The van der Waals surface area contributed by atoms with Crippen LogP contribution in [0.5, 0.6) is 11.5 Å². The predicted molar refractivity (Wildman–Crippen MR) is 106 cm³/mol. The van der Waals surface area contributed by atoms with Crippen molar-refractivity contribution in [2.75, 3.05) is 34.0 Å². The van der Waals surface area contributed by atoms with Gasteiger partial charge in [-0.15, -0.1) is 0 Å². The van der Waals surface area contributed by atoms with Gasteiger partial charge < -0.3 is 24.2 Å². The summed E-state index contributed by atoms with van der Waals surface area (Å²) in [7, 11) is 3.09. The Morgan fingerprint density at radius 2 is 1.97 bits per heavy atom. The molecule has 2 aromatic carbocycles. The Morgan fingerprint density at radius 3 is 2.62 bits per heavy atom. The lowest BCUT2D eigenvalue weighted by Gasteiger charge is -2.41. The second kappa shape index (κ2) is 9.24. The third-order valence-corrected chi connectivity index (χ3v) is 5.19. The zero-order valence-electron chi connectivity index (χ0n) is 16.9. The predicted octanol–water partition coefficient (Wildman–Crippen LogP) is 2.65. The summed E-state index contributed by atoms with van der Waals surface area (Å²) in [5, 5.41) is 9.84. The smallest absolute Gasteiger partial charge is 0.227 e. The number of ether oxygens (including phenoxy) is 3. The third kappa shape index (κ3) is 4.52. The van der Waals surface area contributed by atoms with Crippen LogP contribution in [0.3, 0.4) is 0 Å². The highest BCUT2D eigenvalue weighted by atomic mass is 19.1. The van der Waals surface area contributed by atoms with E-state index >= 15 is 0 Å². The minimum atomic E-state index is -0.569. The highest BCUT2D eigenvalue weighted by molar-refractivity contribution is 5.79. The zero-order valence-corrected chi connectivity index (χ0v) is 16.9. The van der Waals surface area contributed by atoms with Crippen LogP contribution in [0.15, 0.2) is 36.4 Å². The van der Waals surface area contributed by atoms with Crippen molar-refractivity contribution in [2.45, 2.75) is 25.5 Å². The first kappa shape index (κ1) is 21.1. The molecule has 1 amide bonds. The Hall–Kier alpha value is -2.64. The lowest BCUT2D eigenvalue weighted by molar-refractivity contribution is -0.149. The van der Waals surface area contributed by atoms with Crippen molar-refractivity contribution in [2.24, 2.45) is 0 Å². The van der Waals surface area contributed by atoms with Gasteiger partial charge in [0, 0.05) is 6.54 Å². The number of nitrogens with zero attached hydrogens (tertiary/aromatic N) is 1. The van der Waals surface area contributed by atoms with Gasteiger partial charge in [-0.3, -0.25) is 4.79 Å². The van der Waals surface area contributed by atoms with Crippen molar-refractivity contribution in [3.63, 3.8) is 0 Å². The summed E-state index contributed by atoms with van der Waals surface area (Å²) in [5.74, 6) is 0.610. The average molecular weight is 403 g/mol. The minimum absolute atomic E-state index is 0.0686. The van der Waals surface area contributed by atoms with Crippen LogP contribution in [-0.2, 0) is 16.0 Å². The van der Waals surface area contributed by atoms with Crippen LogP contribution in [0.1, 0.15) is 22.7 Å². The highest BCUT2D eigenvalue weighted by Crippen LogP contribution is 2.36. The number of halogens is 1. The summed E-state index contributed by atoms with van der Waals surface area (Å²) in [5.41, 5.74) is 1.91. The average Bonchev–Trinajstić information content (AvgIpc) is 2.75. The van der Waals surface area contributed by atoms with Gasteiger partial charge in [-0.05, 0) is 41.8 Å². The van der Waals surface area contributed by atoms with Crippen LogP contribution < -0.4 is 9.47 Å². The second-order valence-corrected chi connectivity index (χ2v) is 7.00. The van der Waals surface area contributed by atoms with Gasteiger partial charge in [0.1, 0.15) is 11.9 Å². The zero-order chi connectivity index (χ0) is 21.0. The van der Waals surface area contributed by atoms with Gasteiger partial charge in [0.05, 0.1) is 39.9 Å². The largest absolute Gasteiger partial charge is 0.493 e. The number of aliphatic hydroxyl groups is 1. The first-order valence-corrected chi connectivity index (χ1v) is 9.47. The maximum absolute atomic E-state index is 13.9. The molecule has 3 rings (SSSR count). The molecule has 2 unspecified atom stereocenters. The number of morpholine rings is 1. The van der Waals surface area contributed by atoms with Crippen LogP contribution in [0.25, 0.3) is 0 Å². The molecule has 1 aliphatic rings. The molecule has 1 saturated heterocycles. The summed E-state index contributed by atoms with van der Waals surface area (Å²) < 4.78 is 30.3. The van der Waals surface area contributed by atoms with Crippen molar-refractivity contribution in [3.8, 4) is 11.5 Å². The van der Waals surface area contributed by atoms with Gasteiger partial charge in [0.15, 0.2) is 11.5 Å². The van der Waals surface area contributed by atoms with E-state index in [2.05, 4.69) is 0 Å². The molecule has 6 nitrogen and oxygen atoms in total. The van der Waals surface area contributed by atoms with E-state index in [1.807, 2.05) is 6.07 Å². The number of hydrogen-bond acceptors (Lipinski definition) is 5. The minimum Gasteiger partial charge on any atom is -0.493 e. The quantitative estimate of drug-likeness (QED) is 0.803. The Morgan fingerprint density at radius 1 is 1.21 bits per heavy atom. The number of rotatable bonds is 6. The first-order valence-electron chi connectivity index (χ1n) is 9.47. The number of aliphatic hydroxyl groups excluding tert-OH is 1.